The second kappa shape index (κ2) is 18.9. The fraction of sp³-hybridized carbons (Fsp3) is 0.167. The van der Waals surface area contributed by atoms with Gasteiger partial charge in [0, 0.05) is 51.8 Å². The van der Waals surface area contributed by atoms with Crippen molar-refractivity contribution in [3.8, 4) is 0 Å². The summed E-state index contributed by atoms with van der Waals surface area (Å²) in [5.41, 5.74) is 29.8. The maximum atomic E-state index is 12.9. The van der Waals surface area contributed by atoms with Gasteiger partial charge in [-0.25, -0.2) is 4.79 Å². The topological polar surface area (TPSA) is 185 Å². The molecule has 0 atom stereocenters. The number of anilines is 4. The summed E-state index contributed by atoms with van der Waals surface area (Å²) in [6, 6.07) is 32.3. The van der Waals surface area contributed by atoms with Crippen LogP contribution in [0.15, 0.2) is 118 Å². The Morgan fingerprint density at radius 1 is 0.607 bits per heavy atom. The van der Waals surface area contributed by atoms with E-state index in [2.05, 4.69) is 44.1 Å². The molecule has 2 heterocycles. The monoisotopic (exact) mass is 944 g/mol. The van der Waals surface area contributed by atoms with Crippen LogP contribution in [0.5, 0.6) is 0 Å². The lowest BCUT2D eigenvalue weighted by Gasteiger charge is -2.16. The van der Waals surface area contributed by atoms with Crippen LogP contribution in [-0.2, 0) is 26.2 Å². The summed E-state index contributed by atoms with van der Waals surface area (Å²) in [4.78, 5) is 52.4. The van der Waals surface area contributed by atoms with Crippen molar-refractivity contribution in [3.63, 3.8) is 0 Å². The first kappa shape index (κ1) is 44.1. The molecule has 6 aromatic carbocycles. The number of hydrogen-bond acceptors (Lipinski definition) is 7. The highest BCUT2D eigenvalue weighted by Gasteiger charge is 2.31. The molecule has 0 radical (unpaired) electrons. The van der Waals surface area contributed by atoms with E-state index in [-0.39, 0.29) is 23.3 Å². The molecule has 0 aliphatic carbocycles. The summed E-state index contributed by atoms with van der Waals surface area (Å²) in [5, 5.41) is 11.8. The first-order chi connectivity index (χ1) is 29.0. The molecule has 6 aromatic rings. The highest BCUT2D eigenvalue weighted by molar-refractivity contribution is 9.11. The number of nitrogens with two attached hydrogens (primary N) is 3. The van der Waals surface area contributed by atoms with E-state index in [0.29, 0.717) is 54.5 Å². The molecule has 0 saturated heterocycles. The molecule has 11 nitrogen and oxygen atoms in total. The highest BCUT2D eigenvalue weighted by Crippen LogP contribution is 2.36. The summed E-state index contributed by atoms with van der Waals surface area (Å²) in [6.45, 7) is 10.2. The van der Waals surface area contributed by atoms with Gasteiger partial charge in [0.05, 0.1) is 28.3 Å². The molecule has 0 bridgehead atoms. The Bertz CT molecular complexity index is 2650. The van der Waals surface area contributed by atoms with Crippen molar-refractivity contribution in [1.82, 2.24) is 9.80 Å². The van der Waals surface area contributed by atoms with Crippen LogP contribution in [0.3, 0.4) is 0 Å². The number of carboxylic acids is 1. The third kappa shape index (κ3) is 9.96. The minimum Gasteiger partial charge on any atom is -0.478 e. The van der Waals surface area contributed by atoms with Gasteiger partial charge in [-0.1, -0.05) is 80.4 Å². The van der Waals surface area contributed by atoms with Crippen LogP contribution in [-0.4, -0.2) is 38.6 Å². The van der Waals surface area contributed by atoms with Gasteiger partial charge >= 0.3 is 5.97 Å². The van der Waals surface area contributed by atoms with E-state index in [1.165, 1.54) is 0 Å². The Morgan fingerprint density at radius 2 is 1.00 bits per heavy atom. The number of halogens is 2. The van der Waals surface area contributed by atoms with Gasteiger partial charge in [0.2, 0.25) is 0 Å². The molecule has 0 unspecified atom stereocenters. The number of rotatable bonds is 7. The molecular weight excluding hydrogens is 900 g/mol. The molecule has 13 heteroatoms. The van der Waals surface area contributed by atoms with Crippen LogP contribution >= 0.6 is 31.9 Å². The van der Waals surface area contributed by atoms with Crippen LogP contribution in [0.25, 0.3) is 0 Å². The predicted molar refractivity (Wildman–Crippen MR) is 248 cm³/mol. The van der Waals surface area contributed by atoms with Gasteiger partial charge in [0.1, 0.15) is 0 Å². The van der Waals surface area contributed by atoms with Crippen LogP contribution in [0.2, 0.25) is 0 Å². The Balaban J connectivity index is 0.000000177. The normalized spacial score (nSPS) is 12.5. The lowest BCUT2D eigenvalue weighted by atomic mass is 10.0. The van der Waals surface area contributed by atoms with E-state index in [0.717, 1.165) is 64.6 Å². The van der Waals surface area contributed by atoms with Crippen molar-refractivity contribution in [3.05, 3.63) is 185 Å². The van der Waals surface area contributed by atoms with Crippen LogP contribution in [0, 0.1) is 27.7 Å². The minimum atomic E-state index is -0.948. The zero-order chi connectivity index (χ0) is 44.1. The van der Waals surface area contributed by atoms with Gasteiger partial charge < -0.3 is 37.4 Å². The standard InChI is InChI=1S/C24H22BrN3O2.C18H16BrNO3.C6H8N2/c1-14-11-18-19(22(25)15(14)2)13-28(24(18)30)12-16-7-9-17(10-8-16)23(29)27-21-6-4-3-5-20(21)26;1-10-7-14-15(16(19)11(10)2)9-20(17(14)21)8-12-3-5-13(6-4-12)18(22)23;7-5-3-1-2-4-6(5)8/h3-11H,12-13,26H2,1-2H3,(H,27,29);3-7H,8-9H2,1-2H3,(H,22,23);1-4H,7-8H2. The van der Waals surface area contributed by atoms with Gasteiger partial charge in [-0.3, -0.25) is 14.4 Å². The van der Waals surface area contributed by atoms with Crippen molar-refractivity contribution < 1.29 is 24.3 Å². The number of hydrogen-bond donors (Lipinski definition) is 5. The fourth-order valence-electron chi connectivity index (χ4n) is 6.94. The van der Waals surface area contributed by atoms with E-state index in [4.69, 9.17) is 22.3 Å². The highest BCUT2D eigenvalue weighted by atomic mass is 79.9. The molecule has 0 fully saturated rings. The number of aryl methyl sites for hydroxylation is 2. The number of para-hydroxylation sites is 4. The summed E-state index contributed by atoms with van der Waals surface area (Å²) in [7, 11) is 0. The van der Waals surface area contributed by atoms with Gasteiger partial charge in [-0.15, -0.1) is 0 Å². The summed E-state index contributed by atoms with van der Waals surface area (Å²) >= 11 is 7.25. The lowest BCUT2D eigenvalue weighted by Crippen LogP contribution is -2.23. The number of nitrogen functional groups attached to an aromatic ring is 3. The van der Waals surface area contributed by atoms with E-state index >= 15 is 0 Å². The Kier molecular flexibility index (Phi) is 13.6. The van der Waals surface area contributed by atoms with Crippen LogP contribution in [0.4, 0.5) is 22.7 Å². The number of carbonyl (C=O) groups excluding carboxylic acids is 3. The SMILES string of the molecule is Cc1cc2c(c(Br)c1C)CN(Cc1ccc(C(=O)Nc3ccccc3N)cc1)C2=O.Cc1cc2c(c(Br)c1C)CN(Cc1ccc(C(=O)O)cc1)C2=O.Nc1ccccc1N. The molecule has 2 aliphatic heterocycles. The van der Waals surface area contributed by atoms with E-state index in [9.17, 15) is 19.2 Å². The minimum absolute atomic E-state index is 0.0195. The smallest absolute Gasteiger partial charge is 0.335 e. The average Bonchev–Trinajstić information content (AvgIpc) is 3.72. The average molecular weight is 947 g/mol. The zero-order valence-electron chi connectivity index (χ0n) is 34.2. The first-order valence-corrected chi connectivity index (χ1v) is 20.9. The molecule has 61 heavy (non-hydrogen) atoms. The molecular formula is C48H46Br2N6O5. The number of aromatic carboxylic acids is 1. The third-order valence-corrected chi connectivity index (χ3v) is 13.0. The zero-order valence-corrected chi connectivity index (χ0v) is 37.4. The molecule has 3 amide bonds. The molecule has 8 N–H and O–H groups in total. The summed E-state index contributed by atoms with van der Waals surface area (Å²) in [5.74, 6) is -1.11. The Labute approximate surface area is 371 Å². The van der Waals surface area contributed by atoms with Crippen LogP contribution in [0.1, 0.15) is 85.9 Å². The number of nitrogens with zero attached hydrogens (tertiary/aromatic N) is 2. The van der Waals surface area contributed by atoms with Crippen molar-refractivity contribution in [2.75, 3.05) is 22.5 Å². The lowest BCUT2D eigenvalue weighted by molar-refractivity contribution is 0.0694. The Hall–Kier alpha value is -6.44. The summed E-state index contributed by atoms with van der Waals surface area (Å²) in [6.07, 6.45) is 0. The number of fused-ring (bicyclic) bond motifs is 2. The molecule has 0 aromatic heterocycles. The number of benzene rings is 6. The largest absolute Gasteiger partial charge is 0.478 e. The van der Waals surface area contributed by atoms with Gasteiger partial charge in [0.25, 0.3) is 17.7 Å². The van der Waals surface area contributed by atoms with E-state index in [1.54, 1.807) is 65.6 Å². The van der Waals surface area contributed by atoms with Gasteiger partial charge in [-0.2, -0.15) is 0 Å². The van der Waals surface area contributed by atoms with Gasteiger partial charge in [0.15, 0.2) is 0 Å². The van der Waals surface area contributed by atoms with E-state index < -0.39 is 5.97 Å². The molecule has 8 rings (SSSR count). The quantitative estimate of drug-likeness (QED) is 0.0980. The van der Waals surface area contributed by atoms with E-state index in [1.807, 2.05) is 74.2 Å². The molecule has 312 valence electrons. The molecule has 0 spiro atoms. The third-order valence-electron chi connectivity index (χ3n) is 10.8. The first-order valence-electron chi connectivity index (χ1n) is 19.4. The second-order valence-electron chi connectivity index (χ2n) is 15.0. The van der Waals surface area contributed by atoms with Crippen molar-refractivity contribution in [2.24, 2.45) is 0 Å². The van der Waals surface area contributed by atoms with Gasteiger partial charge in [-0.05, 0) is 133 Å². The van der Waals surface area contributed by atoms with Crippen molar-refractivity contribution in [2.45, 2.75) is 53.9 Å². The molecule has 0 saturated carbocycles. The number of amides is 3. The second-order valence-corrected chi connectivity index (χ2v) is 16.6. The predicted octanol–water partition coefficient (Wildman–Crippen LogP) is 9.83. The van der Waals surface area contributed by atoms with Crippen LogP contribution < -0.4 is 22.5 Å². The number of carbonyl (C=O) groups is 4. The fourth-order valence-corrected chi connectivity index (χ4v) is 8.25. The van der Waals surface area contributed by atoms with Crippen molar-refractivity contribution >= 4 is 78.3 Å². The molecule has 2 aliphatic rings. The number of nitrogens with one attached hydrogen (secondary N) is 1. The maximum Gasteiger partial charge on any atom is 0.335 e. The Morgan fingerprint density at radius 3 is 1.39 bits per heavy atom. The summed E-state index contributed by atoms with van der Waals surface area (Å²) < 4.78 is 2.02. The maximum absolute atomic E-state index is 12.9. The van der Waals surface area contributed by atoms with Crippen molar-refractivity contribution in [1.29, 1.82) is 0 Å². The number of carboxylic acid groups (broad SMARTS) is 1.